The highest BCUT2D eigenvalue weighted by Crippen LogP contribution is 2.45. The van der Waals surface area contributed by atoms with Gasteiger partial charge in [0.15, 0.2) is 0 Å². The lowest BCUT2D eigenvalue weighted by Gasteiger charge is -2.46. The van der Waals surface area contributed by atoms with Gasteiger partial charge in [0.2, 0.25) is 0 Å². The summed E-state index contributed by atoms with van der Waals surface area (Å²) in [7, 11) is 0. The standard InChI is InChI=1S/C16H25NO/c1-4-13-7-8-14(17-12-13)11-16(18)10-6-5-9-15(16,2)3/h7-8,12,18H,4-6,9-11H2,1-3H3. The van der Waals surface area contributed by atoms with Crippen LogP contribution in [0.3, 0.4) is 0 Å². The maximum Gasteiger partial charge on any atom is 0.0753 e. The fourth-order valence-electron chi connectivity index (χ4n) is 2.95. The Morgan fingerprint density at radius 3 is 2.50 bits per heavy atom. The molecule has 0 radical (unpaired) electrons. The van der Waals surface area contributed by atoms with Crippen molar-refractivity contribution in [3.05, 3.63) is 29.6 Å². The largest absolute Gasteiger partial charge is 0.389 e. The summed E-state index contributed by atoms with van der Waals surface area (Å²) in [5.41, 5.74) is 1.68. The van der Waals surface area contributed by atoms with Crippen molar-refractivity contribution in [2.75, 3.05) is 0 Å². The molecule has 1 aliphatic rings. The van der Waals surface area contributed by atoms with E-state index in [-0.39, 0.29) is 5.41 Å². The lowest BCUT2D eigenvalue weighted by Crippen LogP contribution is -2.48. The molecule has 18 heavy (non-hydrogen) atoms. The second kappa shape index (κ2) is 5.00. The highest BCUT2D eigenvalue weighted by atomic mass is 16.3. The number of aromatic nitrogens is 1. The molecule has 1 fully saturated rings. The Balaban J connectivity index is 2.15. The quantitative estimate of drug-likeness (QED) is 0.886. The molecule has 0 saturated heterocycles. The van der Waals surface area contributed by atoms with Crippen LogP contribution in [0.2, 0.25) is 0 Å². The van der Waals surface area contributed by atoms with E-state index in [9.17, 15) is 5.11 Å². The maximum absolute atomic E-state index is 10.9. The lowest BCUT2D eigenvalue weighted by atomic mass is 9.63. The molecular weight excluding hydrogens is 222 g/mol. The van der Waals surface area contributed by atoms with Crippen LogP contribution in [0.5, 0.6) is 0 Å². The molecule has 1 aromatic heterocycles. The van der Waals surface area contributed by atoms with E-state index in [2.05, 4.69) is 37.9 Å². The molecule has 0 aliphatic heterocycles. The lowest BCUT2D eigenvalue weighted by molar-refractivity contribution is -0.0964. The van der Waals surface area contributed by atoms with Gasteiger partial charge in [0, 0.05) is 18.3 Å². The van der Waals surface area contributed by atoms with Gasteiger partial charge in [0.25, 0.3) is 0 Å². The third-order valence-corrected chi connectivity index (χ3v) is 4.67. The Bertz CT molecular complexity index is 396. The fraction of sp³-hybridized carbons (Fsp3) is 0.688. The number of rotatable bonds is 3. The molecule has 0 spiro atoms. The third-order valence-electron chi connectivity index (χ3n) is 4.67. The smallest absolute Gasteiger partial charge is 0.0753 e. The minimum atomic E-state index is -0.591. The van der Waals surface area contributed by atoms with E-state index >= 15 is 0 Å². The van der Waals surface area contributed by atoms with Gasteiger partial charge < -0.3 is 5.11 Å². The molecule has 2 rings (SSSR count). The maximum atomic E-state index is 10.9. The minimum Gasteiger partial charge on any atom is -0.389 e. The summed E-state index contributed by atoms with van der Waals surface area (Å²) in [5.74, 6) is 0. The summed E-state index contributed by atoms with van der Waals surface area (Å²) in [4.78, 5) is 4.49. The van der Waals surface area contributed by atoms with Crippen LogP contribution < -0.4 is 0 Å². The van der Waals surface area contributed by atoms with Gasteiger partial charge in [-0.3, -0.25) is 4.98 Å². The highest BCUT2D eigenvalue weighted by Gasteiger charge is 2.45. The van der Waals surface area contributed by atoms with Crippen LogP contribution in [0.25, 0.3) is 0 Å². The second-order valence-electron chi connectivity index (χ2n) is 6.31. The zero-order chi connectivity index (χ0) is 13.2. The molecule has 0 aromatic carbocycles. The predicted octanol–water partition coefficient (Wildman–Crippen LogP) is 3.52. The van der Waals surface area contributed by atoms with Crippen LogP contribution in [0.15, 0.2) is 18.3 Å². The van der Waals surface area contributed by atoms with Crippen molar-refractivity contribution in [1.82, 2.24) is 4.98 Å². The summed E-state index contributed by atoms with van der Waals surface area (Å²) in [6.07, 6.45) is 8.01. The second-order valence-corrected chi connectivity index (χ2v) is 6.31. The Morgan fingerprint density at radius 2 is 1.94 bits per heavy atom. The molecule has 1 heterocycles. The van der Waals surface area contributed by atoms with Crippen molar-refractivity contribution in [2.45, 2.75) is 64.9 Å². The molecule has 1 unspecified atom stereocenters. The average molecular weight is 247 g/mol. The summed E-state index contributed by atoms with van der Waals surface area (Å²) < 4.78 is 0. The van der Waals surface area contributed by atoms with Crippen LogP contribution in [-0.4, -0.2) is 15.7 Å². The first-order chi connectivity index (χ1) is 8.47. The van der Waals surface area contributed by atoms with Gasteiger partial charge >= 0.3 is 0 Å². The van der Waals surface area contributed by atoms with Crippen LogP contribution >= 0.6 is 0 Å². The molecule has 2 heteroatoms. The molecule has 0 amide bonds. The van der Waals surface area contributed by atoms with E-state index < -0.39 is 5.60 Å². The zero-order valence-corrected chi connectivity index (χ0v) is 11.9. The number of hydrogen-bond acceptors (Lipinski definition) is 2. The molecule has 1 saturated carbocycles. The molecule has 1 atom stereocenters. The van der Waals surface area contributed by atoms with Crippen LogP contribution in [0, 0.1) is 5.41 Å². The molecule has 1 N–H and O–H groups in total. The number of aryl methyl sites for hydroxylation is 1. The van der Waals surface area contributed by atoms with Crippen molar-refractivity contribution in [3.63, 3.8) is 0 Å². The third kappa shape index (κ3) is 2.59. The average Bonchev–Trinajstić information content (AvgIpc) is 2.34. The molecular formula is C16H25NO. The van der Waals surface area contributed by atoms with Gasteiger partial charge in [-0.25, -0.2) is 0 Å². The Morgan fingerprint density at radius 1 is 1.22 bits per heavy atom. The molecule has 2 nitrogen and oxygen atoms in total. The molecule has 1 aromatic rings. The van der Waals surface area contributed by atoms with E-state index in [1.54, 1.807) is 0 Å². The van der Waals surface area contributed by atoms with E-state index in [4.69, 9.17) is 0 Å². The predicted molar refractivity (Wildman–Crippen MR) is 74.5 cm³/mol. The fourth-order valence-corrected chi connectivity index (χ4v) is 2.95. The molecule has 0 bridgehead atoms. The molecule has 1 aliphatic carbocycles. The Hall–Kier alpha value is -0.890. The first-order valence-corrected chi connectivity index (χ1v) is 7.13. The normalized spacial score (nSPS) is 27.1. The SMILES string of the molecule is CCc1ccc(CC2(O)CCCCC2(C)C)nc1. The highest BCUT2D eigenvalue weighted by molar-refractivity contribution is 5.16. The van der Waals surface area contributed by atoms with Gasteiger partial charge in [-0.05, 0) is 36.3 Å². The summed E-state index contributed by atoms with van der Waals surface area (Å²) in [6.45, 7) is 6.51. The van der Waals surface area contributed by atoms with Gasteiger partial charge in [-0.2, -0.15) is 0 Å². The van der Waals surface area contributed by atoms with Gasteiger partial charge in [-0.15, -0.1) is 0 Å². The van der Waals surface area contributed by atoms with Crippen molar-refractivity contribution in [1.29, 1.82) is 0 Å². The van der Waals surface area contributed by atoms with E-state index in [1.165, 1.54) is 12.0 Å². The van der Waals surface area contributed by atoms with E-state index in [0.29, 0.717) is 6.42 Å². The van der Waals surface area contributed by atoms with Crippen LogP contribution in [-0.2, 0) is 12.8 Å². The first kappa shape index (κ1) is 13.5. The number of nitrogens with zero attached hydrogens (tertiary/aromatic N) is 1. The van der Waals surface area contributed by atoms with Crippen LogP contribution in [0.1, 0.15) is 57.7 Å². The van der Waals surface area contributed by atoms with Gasteiger partial charge in [0.1, 0.15) is 0 Å². The summed E-state index contributed by atoms with van der Waals surface area (Å²) in [6, 6.07) is 4.20. The van der Waals surface area contributed by atoms with E-state index in [1.807, 2.05) is 6.20 Å². The first-order valence-electron chi connectivity index (χ1n) is 7.13. The minimum absolute atomic E-state index is 0.00361. The van der Waals surface area contributed by atoms with Crippen molar-refractivity contribution in [2.24, 2.45) is 5.41 Å². The topological polar surface area (TPSA) is 33.1 Å². The summed E-state index contributed by atoms with van der Waals surface area (Å²) >= 11 is 0. The Labute approximate surface area is 110 Å². The van der Waals surface area contributed by atoms with Crippen molar-refractivity contribution >= 4 is 0 Å². The van der Waals surface area contributed by atoms with Crippen molar-refractivity contribution in [3.8, 4) is 0 Å². The summed E-state index contributed by atoms with van der Waals surface area (Å²) in [5, 5.41) is 10.9. The van der Waals surface area contributed by atoms with E-state index in [0.717, 1.165) is 31.4 Å². The number of hydrogen-bond donors (Lipinski definition) is 1. The number of aliphatic hydroxyl groups is 1. The molecule has 100 valence electrons. The zero-order valence-electron chi connectivity index (χ0n) is 11.9. The number of pyridine rings is 1. The Kier molecular flexibility index (Phi) is 3.76. The van der Waals surface area contributed by atoms with Crippen molar-refractivity contribution < 1.29 is 5.11 Å². The monoisotopic (exact) mass is 247 g/mol. The van der Waals surface area contributed by atoms with Gasteiger partial charge in [0.05, 0.1) is 5.60 Å². The van der Waals surface area contributed by atoms with Crippen LogP contribution in [0.4, 0.5) is 0 Å². The van der Waals surface area contributed by atoms with Gasteiger partial charge in [-0.1, -0.05) is 39.7 Å².